The number of aromatic nitrogens is 3. The van der Waals surface area contributed by atoms with Gasteiger partial charge in [-0.3, -0.25) is 0 Å². The Morgan fingerprint density at radius 1 is 1.53 bits per heavy atom. The first kappa shape index (κ1) is 12.4. The zero-order valence-electron chi connectivity index (χ0n) is 9.56. The van der Waals surface area contributed by atoms with Gasteiger partial charge < -0.3 is 9.99 Å². The van der Waals surface area contributed by atoms with Crippen molar-refractivity contribution in [3.63, 3.8) is 0 Å². The first-order valence-electron chi connectivity index (χ1n) is 5.37. The van der Waals surface area contributed by atoms with Crippen molar-refractivity contribution in [1.29, 1.82) is 0 Å². The summed E-state index contributed by atoms with van der Waals surface area (Å²) in [7, 11) is 1.97. The molecule has 2 rings (SSSR count). The number of hydrogen-bond acceptors (Lipinski definition) is 5. The first-order valence-corrected chi connectivity index (χ1v) is 6.89. The number of hydrazone groups is 1. The van der Waals surface area contributed by atoms with Crippen LogP contribution in [0.4, 0.5) is 0 Å². The SMILES string of the molecule is Cn1c(SCCCCl)nnc1C1=CCNN=C1. The van der Waals surface area contributed by atoms with E-state index in [1.165, 1.54) is 0 Å². The summed E-state index contributed by atoms with van der Waals surface area (Å²) < 4.78 is 1.99. The van der Waals surface area contributed by atoms with E-state index in [4.69, 9.17) is 11.6 Å². The maximum absolute atomic E-state index is 5.64. The van der Waals surface area contributed by atoms with Crippen LogP contribution < -0.4 is 5.43 Å². The van der Waals surface area contributed by atoms with Gasteiger partial charge in [0.1, 0.15) is 0 Å². The van der Waals surface area contributed by atoms with E-state index in [1.54, 1.807) is 18.0 Å². The van der Waals surface area contributed by atoms with Crippen LogP contribution in [-0.4, -0.2) is 39.2 Å². The average Bonchev–Trinajstić information content (AvgIpc) is 2.73. The van der Waals surface area contributed by atoms with E-state index in [2.05, 4.69) is 20.7 Å². The van der Waals surface area contributed by atoms with Crippen molar-refractivity contribution in [2.75, 3.05) is 18.2 Å². The summed E-state index contributed by atoms with van der Waals surface area (Å²) in [5, 5.41) is 13.3. The topological polar surface area (TPSA) is 55.1 Å². The van der Waals surface area contributed by atoms with Gasteiger partial charge in [-0.15, -0.1) is 21.8 Å². The van der Waals surface area contributed by atoms with Crippen LogP contribution in [-0.2, 0) is 7.05 Å². The molecule has 1 aromatic rings. The molecule has 0 radical (unpaired) electrons. The predicted octanol–water partition coefficient (Wildman–Crippen LogP) is 1.51. The number of rotatable bonds is 5. The second-order valence-electron chi connectivity index (χ2n) is 3.54. The molecule has 0 bridgehead atoms. The number of nitrogens with one attached hydrogen (secondary N) is 1. The van der Waals surface area contributed by atoms with E-state index < -0.39 is 0 Å². The Morgan fingerprint density at radius 3 is 3.12 bits per heavy atom. The Hall–Kier alpha value is -1.01. The molecule has 0 aromatic carbocycles. The van der Waals surface area contributed by atoms with Gasteiger partial charge in [-0.2, -0.15) is 5.10 Å². The minimum absolute atomic E-state index is 0.682. The van der Waals surface area contributed by atoms with Crippen molar-refractivity contribution in [3.05, 3.63) is 11.9 Å². The van der Waals surface area contributed by atoms with Crippen LogP contribution in [0.25, 0.3) is 5.57 Å². The molecular weight excluding hydrogens is 258 g/mol. The van der Waals surface area contributed by atoms with Gasteiger partial charge in [-0.05, 0) is 6.42 Å². The van der Waals surface area contributed by atoms with Crippen LogP contribution in [0.3, 0.4) is 0 Å². The van der Waals surface area contributed by atoms with E-state index in [1.807, 2.05) is 17.7 Å². The minimum atomic E-state index is 0.682. The molecule has 5 nitrogen and oxygen atoms in total. The highest BCUT2D eigenvalue weighted by molar-refractivity contribution is 7.99. The van der Waals surface area contributed by atoms with Crippen LogP contribution in [0.2, 0.25) is 0 Å². The molecule has 0 atom stereocenters. The zero-order chi connectivity index (χ0) is 12.1. The minimum Gasteiger partial charge on any atom is -0.306 e. The van der Waals surface area contributed by atoms with Gasteiger partial charge in [-0.1, -0.05) is 17.8 Å². The van der Waals surface area contributed by atoms with Crippen LogP contribution in [0.15, 0.2) is 16.3 Å². The fourth-order valence-electron chi connectivity index (χ4n) is 1.44. The third-order valence-corrected chi connectivity index (χ3v) is 3.68. The molecule has 0 fully saturated rings. The molecule has 92 valence electrons. The van der Waals surface area contributed by atoms with Crippen LogP contribution >= 0.6 is 23.4 Å². The average molecular weight is 272 g/mol. The van der Waals surface area contributed by atoms with Gasteiger partial charge in [0.2, 0.25) is 0 Å². The summed E-state index contributed by atoms with van der Waals surface area (Å²) >= 11 is 7.32. The number of thioether (sulfide) groups is 1. The van der Waals surface area contributed by atoms with Crippen molar-refractivity contribution < 1.29 is 0 Å². The number of nitrogens with zero attached hydrogens (tertiary/aromatic N) is 4. The van der Waals surface area contributed by atoms with Gasteiger partial charge >= 0.3 is 0 Å². The lowest BCUT2D eigenvalue weighted by atomic mass is 10.2. The lowest BCUT2D eigenvalue weighted by Gasteiger charge is -2.07. The molecule has 0 unspecified atom stereocenters. The molecule has 2 heterocycles. The first-order chi connectivity index (χ1) is 8.33. The molecule has 1 aromatic heterocycles. The summed E-state index contributed by atoms with van der Waals surface area (Å²) in [6.07, 6.45) is 4.79. The number of hydrogen-bond donors (Lipinski definition) is 1. The van der Waals surface area contributed by atoms with Gasteiger partial charge in [-0.25, -0.2) is 0 Å². The molecule has 7 heteroatoms. The molecule has 0 spiro atoms. The third kappa shape index (κ3) is 3.01. The standard InChI is InChI=1S/C10H14ClN5S/c1-16-9(8-3-5-12-13-7-8)14-15-10(16)17-6-2-4-11/h3,7,12H,2,4-6H2,1H3. The molecule has 0 aliphatic carbocycles. The molecule has 1 N–H and O–H groups in total. The summed E-state index contributed by atoms with van der Waals surface area (Å²) in [6, 6.07) is 0. The smallest absolute Gasteiger partial charge is 0.191 e. The maximum Gasteiger partial charge on any atom is 0.191 e. The summed E-state index contributed by atoms with van der Waals surface area (Å²) in [4.78, 5) is 0. The second-order valence-corrected chi connectivity index (χ2v) is 4.98. The predicted molar refractivity (Wildman–Crippen MR) is 71.5 cm³/mol. The molecule has 0 amide bonds. The van der Waals surface area contributed by atoms with Crippen molar-refractivity contribution >= 4 is 35.2 Å². The number of alkyl halides is 1. The Labute approximate surface area is 109 Å². The largest absolute Gasteiger partial charge is 0.306 e. The van der Waals surface area contributed by atoms with E-state index >= 15 is 0 Å². The lowest BCUT2D eigenvalue weighted by Crippen LogP contribution is -2.12. The fraction of sp³-hybridized carbons (Fsp3) is 0.500. The summed E-state index contributed by atoms with van der Waals surface area (Å²) in [5.41, 5.74) is 3.87. The number of halogens is 1. The molecule has 17 heavy (non-hydrogen) atoms. The molecule has 1 aliphatic heterocycles. The van der Waals surface area contributed by atoms with E-state index in [-0.39, 0.29) is 0 Å². The van der Waals surface area contributed by atoms with Crippen molar-refractivity contribution in [1.82, 2.24) is 20.2 Å². The monoisotopic (exact) mass is 271 g/mol. The number of allylic oxidation sites excluding steroid dienone is 1. The van der Waals surface area contributed by atoms with Crippen LogP contribution in [0, 0.1) is 0 Å². The van der Waals surface area contributed by atoms with Gasteiger partial charge in [0, 0.05) is 24.3 Å². The van der Waals surface area contributed by atoms with E-state index in [0.29, 0.717) is 5.88 Å². The normalized spacial score (nSPS) is 14.6. The lowest BCUT2D eigenvalue weighted by molar-refractivity contribution is 0.776. The quantitative estimate of drug-likeness (QED) is 0.501. The van der Waals surface area contributed by atoms with Crippen LogP contribution in [0.5, 0.6) is 0 Å². The Kier molecular flexibility index (Phi) is 4.44. The fourth-order valence-corrected chi connectivity index (χ4v) is 2.58. The van der Waals surface area contributed by atoms with Crippen molar-refractivity contribution in [3.8, 4) is 0 Å². The van der Waals surface area contributed by atoms with Crippen molar-refractivity contribution in [2.24, 2.45) is 12.1 Å². The summed E-state index contributed by atoms with van der Waals surface area (Å²) in [6.45, 7) is 0.730. The molecular formula is C10H14ClN5S. The van der Waals surface area contributed by atoms with Crippen molar-refractivity contribution in [2.45, 2.75) is 11.6 Å². The van der Waals surface area contributed by atoms with Gasteiger partial charge in [0.15, 0.2) is 11.0 Å². The maximum atomic E-state index is 5.64. The molecule has 1 aliphatic rings. The van der Waals surface area contributed by atoms with Gasteiger partial charge in [0.25, 0.3) is 0 Å². The highest BCUT2D eigenvalue weighted by Crippen LogP contribution is 2.20. The Bertz CT molecular complexity index is 440. The van der Waals surface area contributed by atoms with Gasteiger partial charge in [0.05, 0.1) is 12.8 Å². The highest BCUT2D eigenvalue weighted by atomic mass is 35.5. The highest BCUT2D eigenvalue weighted by Gasteiger charge is 2.12. The second kappa shape index (κ2) is 6.07. The van der Waals surface area contributed by atoms with E-state index in [0.717, 1.165) is 35.3 Å². The third-order valence-electron chi connectivity index (χ3n) is 2.31. The van der Waals surface area contributed by atoms with Crippen LogP contribution in [0.1, 0.15) is 12.2 Å². The summed E-state index contributed by atoms with van der Waals surface area (Å²) in [5.74, 6) is 2.49. The molecule has 0 saturated carbocycles. The zero-order valence-corrected chi connectivity index (χ0v) is 11.1. The molecule has 0 saturated heterocycles. The Morgan fingerprint density at radius 2 is 2.41 bits per heavy atom. The van der Waals surface area contributed by atoms with E-state index in [9.17, 15) is 0 Å². The Balaban J connectivity index is 2.09.